The zero-order chi connectivity index (χ0) is 17.8. The van der Waals surface area contributed by atoms with Crippen molar-refractivity contribution in [1.29, 1.82) is 0 Å². The fraction of sp³-hybridized carbons (Fsp3) is 0.250. The van der Waals surface area contributed by atoms with Crippen molar-refractivity contribution in [3.05, 3.63) is 59.7 Å². The smallest absolute Gasteiger partial charge is 0.227 e. The summed E-state index contributed by atoms with van der Waals surface area (Å²) in [5, 5.41) is 5.68. The van der Waals surface area contributed by atoms with Crippen molar-refractivity contribution in [2.45, 2.75) is 26.2 Å². The molecule has 2 aromatic rings. The van der Waals surface area contributed by atoms with Gasteiger partial charge in [0.2, 0.25) is 11.8 Å². The molecule has 1 aliphatic rings. The number of benzene rings is 2. The number of hydrogen-bond donors (Lipinski definition) is 2. The summed E-state index contributed by atoms with van der Waals surface area (Å²) in [6.07, 6.45) is 1.39. The Morgan fingerprint density at radius 3 is 2.76 bits per heavy atom. The molecule has 128 valence electrons. The van der Waals surface area contributed by atoms with Crippen LogP contribution in [0.3, 0.4) is 0 Å². The Labute approximate surface area is 146 Å². The number of nitrogens with one attached hydrogen (secondary N) is 2. The molecule has 0 saturated heterocycles. The van der Waals surface area contributed by atoms with E-state index in [2.05, 4.69) is 10.6 Å². The van der Waals surface area contributed by atoms with E-state index in [0.717, 1.165) is 11.3 Å². The molecule has 0 bridgehead atoms. The van der Waals surface area contributed by atoms with Crippen LogP contribution < -0.4 is 10.6 Å². The van der Waals surface area contributed by atoms with E-state index in [-0.39, 0.29) is 29.9 Å². The van der Waals surface area contributed by atoms with Crippen LogP contribution in [0.4, 0.5) is 11.4 Å². The Balaban J connectivity index is 1.57. The van der Waals surface area contributed by atoms with Crippen molar-refractivity contribution in [2.75, 3.05) is 10.6 Å². The number of hydrogen-bond acceptors (Lipinski definition) is 3. The van der Waals surface area contributed by atoms with Gasteiger partial charge in [0.25, 0.3) is 0 Å². The third kappa shape index (κ3) is 4.12. The van der Waals surface area contributed by atoms with Gasteiger partial charge >= 0.3 is 0 Å². The summed E-state index contributed by atoms with van der Waals surface area (Å²) in [6, 6.07) is 14.6. The fourth-order valence-corrected chi connectivity index (χ4v) is 2.99. The second-order valence-electron chi connectivity index (χ2n) is 6.27. The van der Waals surface area contributed by atoms with Gasteiger partial charge in [-0.25, -0.2) is 0 Å². The lowest BCUT2D eigenvalue weighted by Crippen LogP contribution is -2.30. The van der Waals surface area contributed by atoms with Gasteiger partial charge in [-0.2, -0.15) is 0 Å². The van der Waals surface area contributed by atoms with E-state index in [0.29, 0.717) is 24.1 Å². The summed E-state index contributed by atoms with van der Waals surface area (Å²) >= 11 is 0. The predicted molar refractivity (Wildman–Crippen MR) is 96.6 cm³/mol. The molecular formula is C20H20N2O3. The van der Waals surface area contributed by atoms with E-state index in [1.165, 1.54) is 6.92 Å². The van der Waals surface area contributed by atoms with Gasteiger partial charge in [0.15, 0.2) is 5.78 Å². The van der Waals surface area contributed by atoms with Crippen molar-refractivity contribution in [3.63, 3.8) is 0 Å². The molecule has 1 aliphatic heterocycles. The molecule has 2 aromatic carbocycles. The maximum Gasteiger partial charge on any atom is 0.227 e. The molecule has 5 heteroatoms. The minimum atomic E-state index is -0.204. The summed E-state index contributed by atoms with van der Waals surface area (Å²) in [7, 11) is 0. The molecule has 2 amide bonds. The van der Waals surface area contributed by atoms with Gasteiger partial charge in [0.1, 0.15) is 0 Å². The van der Waals surface area contributed by atoms with Crippen LogP contribution in [-0.4, -0.2) is 17.6 Å². The molecule has 0 spiro atoms. The zero-order valence-corrected chi connectivity index (χ0v) is 14.0. The average molecular weight is 336 g/mol. The first-order valence-electron chi connectivity index (χ1n) is 8.32. The minimum absolute atomic E-state index is 0.0370. The van der Waals surface area contributed by atoms with E-state index in [1.807, 2.05) is 24.3 Å². The number of ketones is 1. The van der Waals surface area contributed by atoms with Gasteiger partial charge in [0.05, 0.1) is 0 Å². The lowest BCUT2D eigenvalue weighted by atomic mass is 9.89. The highest BCUT2D eigenvalue weighted by Crippen LogP contribution is 2.27. The topological polar surface area (TPSA) is 75.3 Å². The third-order valence-electron chi connectivity index (χ3n) is 4.39. The zero-order valence-electron chi connectivity index (χ0n) is 14.0. The van der Waals surface area contributed by atoms with Crippen molar-refractivity contribution >= 4 is 29.0 Å². The Hall–Kier alpha value is -2.95. The first kappa shape index (κ1) is 16.9. The minimum Gasteiger partial charge on any atom is -0.326 e. The first-order valence-corrected chi connectivity index (χ1v) is 8.32. The van der Waals surface area contributed by atoms with Crippen LogP contribution in [0, 0.1) is 5.92 Å². The number of carbonyl (C=O) groups is 3. The maximum absolute atomic E-state index is 12.2. The Kier molecular flexibility index (Phi) is 4.93. The molecule has 1 atom stereocenters. The van der Waals surface area contributed by atoms with Crippen LogP contribution in [0.25, 0.3) is 0 Å². The SMILES string of the molecule is CC(=O)c1cccc(NC(=O)CCC2Cc3ccccc3NC2=O)c1. The van der Waals surface area contributed by atoms with Gasteiger partial charge in [-0.3, -0.25) is 14.4 Å². The standard InChI is InChI=1S/C20H20N2O3/c1-13(23)14-6-4-7-17(12-14)21-19(24)10-9-16-11-15-5-2-3-8-18(15)22-20(16)25/h2-8,12,16H,9-11H2,1H3,(H,21,24)(H,22,25). The summed E-state index contributed by atoms with van der Waals surface area (Å²) in [5.74, 6) is -0.449. The first-order chi connectivity index (χ1) is 12.0. The summed E-state index contributed by atoms with van der Waals surface area (Å²) in [6.45, 7) is 1.49. The van der Waals surface area contributed by atoms with Crippen molar-refractivity contribution in [1.82, 2.24) is 0 Å². The fourth-order valence-electron chi connectivity index (χ4n) is 2.99. The third-order valence-corrected chi connectivity index (χ3v) is 4.39. The molecule has 0 aromatic heterocycles. The van der Waals surface area contributed by atoms with E-state index < -0.39 is 0 Å². The number of amides is 2. The summed E-state index contributed by atoms with van der Waals surface area (Å²) < 4.78 is 0. The number of fused-ring (bicyclic) bond motifs is 1. The Morgan fingerprint density at radius 1 is 1.16 bits per heavy atom. The molecule has 3 rings (SSSR count). The maximum atomic E-state index is 12.2. The highest BCUT2D eigenvalue weighted by molar-refractivity contribution is 5.98. The van der Waals surface area contributed by atoms with E-state index in [1.54, 1.807) is 24.3 Å². The number of para-hydroxylation sites is 1. The molecule has 1 heterocycles. The Bertz CT molecular complexity index is 829. The normalized spacial score (nSPS) is 15.9. The molecule has 0 saturated carbocycles. The summed E-state index contributed by atoms with van der Waals surface area (Å²) in [4.78, 5) is 35.7. The average Bonchev–Trinajstić information content (AvgIpc) is 2.60. The van der Waals surface area contributed by atoms with Gasteiger partial charge in [-0.05, 0) is 43.5 Å². The highest BCUT2D eigenvalue weighted by atomic mass is 16.2. The van der Waals surface area contributed by atoms with Gasteiger partial charge in [-0.15, -0.1) is 0 Å². The second-order valence-corrected chi connectivity index (χ2v) is 6.27. The molecule has 1 unspecified atom stereocenters. The van der Waals surface area contributed by atoms with Crippen LogP contribution in [0.2, 0.25) is 0 Å². The van der Waals surface area contributed by atoms with Crippen LogP contribution in [-0.2, 0) is 16.0 Å². The quantitative estimate of drug-likeness (QED) is 0.822. The summed E-state index contributed by atoms with van der Waals surface area (Å²) in [5.41, 5.74) is 3.10. The number of rotatable bonds is 5. The van der Waals surface area contributed by atoms with Gasteiger partial charge in [-0.1, -0.05) is 30.3 Å². The number of anilines is 2. The van der Waals surface area contributed by atoms with Crippen molar-refractivity contribution in [2.24, 2.45) is 5.92 Å². The van der Waals surface area contributed by atoms with E-state index >= 15 is 0 Å². The van der Waals surface area contributed by atoms with Crippen LogP contribution in [0.5, 0.6) is 0 Å². The highest BCUT2D eigenvalue weighted by Gasteiger charge is 2.26. The number of carbonyl (C=O) groups excluding carboxylic acids is 3. The molecule has 0 aliphatic carbocycles. The van der Waals surface area contributed by atoms with Crippen molar-refractivity contribution in [3.8, 4) is 0 Å². The van der Waals surface area contributed by atoms with E-state index in [9.17, 15) is 14.4 Å². The monoisotopic (exact) mass is 336 g/mol. The predicted octanol–water partition coefficient (Wildman–Crippen LogP) is 3.42. The second kappa shape index (κ2) is 7.30. The lowest BCUT2D eigenvalue weighted by Gasteiger charge is -2.24. The molecule has 0 fully saturated rings. The lowest BCUT2D eigenvalue weighted by molar-refractivity contribution is -0.121. The van der Waals surface area contributed by atoms with Crippen LogP contribution in [0.1, 0.15) is 35.7 Å². The largest absolute Gasteiger partial charge is 0.326 e. The Morgan fingerprint density at radius 2 is 1.96 bits per heavy atom. The molecule has 2 N–H and O–H groups in total. The number of Topliss-reactive ketones (excluding diaryl/α,β-unsaturated/α-hetero) is 1. The van der Waals surface area contributed by atoms with Crippen LogP contribution in [0.15, 0.2) is 48.5 Å². The van der Waals surface area contributed by atoms with E-state index in [4.69, 9.17) is 0 Å². The molecular weight excluding hydrogens is 316 g/mol. The van der Waals surface area contributed by atoms with Gasteiger partial charge in [0, 0.05) is 29.3 Å². The van der Waals surface area contributed by atoms with Gasteiger partial charge < -0.3 is 10.6 Å². The van der Waals surface area contributed by atoms with Crippen LogP contribution >= 0.6 is 0 Å². The molecule has 0 radical (unpaired) electrons. The van der Waals surface area contributed by atoms with Crippen molar-refractivity contribution < 1.29 is 14.4 Å². The molecule has 25 heavy (non-hydrogen) atoms. The molecule has 5 nitrogen and oxygen atoms in total.